The molecule has 3 aromatic rings. The van der Waals surface area contributed by atoms with Crippen LogP contribution in [0.5, 0.6) is 0 Å². The van der Waals surface area contributed by atoms with Gasteiger partial charge in [-0.15, -0.1) is 35.0 Å². The second kappa shape index (κ2) is 14.3. The first-order chi connectivity index (χ1) is 17.3. The highest BCUT2D eigenvalue weighted by Gasteiger charge is 2.29. The lowest BCUT2D eigenvalue weighted by Gasteiger charge is -2.26. The molecule has 1 fully saturated rings. The van der Waals surface area contributed by atoms with Crippen molar-refractivity contribution in [2.24, 2.45) is 5.73 Å². The van der Waals surface area contributed by atoms with Crippen LogP contribution in [-0.2, 0) is 32.2 Å². The number of ether oxygens (including phenoxy) is 3. The van der Waals surface area contributed by atoms with E-state index < -0.39 is 17.7 Å². The number of carbonyl (C=O) groups is 2. The van der Waals surface area contributed by atoms with Gasteiger partial charge in [0.25, 0.3) is 0 Å². The maximum Gasteiger partial charge on any atom is 0.410 e. The molecule has 1 aliphatic rings. The maximum absolute atomic E-state index is 12.8. The first-order valence-electron chi connectivity index (χ1n) is 11.9. The van der Waals surface area contributed by atoms with E-state index in [0.29, 0.717) is 50.1 Å². The standard InChI is InChI=1S/C25H32N6O5.2ClH/c1-25(2,26)23(32)27-20(17-35-15-18-7-4-3-5-8-18)22-29-28-21-10-6-9-19(31(21)22)16-36-24(33)30-11-13-34-14-12-30;;/h3-10,20H,11-17,26H2,1-2H3,(H,27,32);2*1H/t20-;;/m1../s1. The summed E-state index contributed by atoms with van der Waals surface area (Å²) >= 11 is 0. The smallest absolute Gasteiger partial charge is 0.410 e. The van der Waals surface area contributed by atoms with Gasteiger partial charge in [-0.1, -0.05) is 36.4 Å². The molecule has 3 N–H and O–H groups in total. The molecule has 0 aliphatic carbocycles. The van der Waals surface area contributed by atoms with E-state index in [1.165, 1.54) is 0 Å². The average molecular weight is 569 g/mol. The zero-order chi connectivity index (χ0) is 25.5. The fraction of sp³-hybridized carbons (Fsp3) is 0.440. The first kappa shape index (κ1) is 31.3. The van der Waals surface area contributed by atoms with Crippen LogP contribution in [0.4, 0.5) is 4.79 Å². The van der Waals surface area contributed by atoms with Gasteiger partial charge in [0.2, 0.25) is 5.91 Å². The van der Waals surface area contributed by atoms with E-state index in [-0.39, 0.29) is 43.9 Å². The number of halogens is 2. The second-order valence-corrected chi connectivity index (χ2v) is 9.17. The van der Waals surface area contributed by atoms with Crippen molar-refractivity contribution in [2.75, 3.05) is 32.9 Å². The van der Waals surface area contributed by atoms with E-state index in [0.717, 1.165) is 5.56 Å². The summed E-state index contributed by atoms with van der Waals surface area (Å²) in [5, 5.41) is 11.5. The van der Waals surface area contributed by atoms with E-state index in [9.17, 15) is 9.59 Å². The Bertz CT molecular complexity index is 1180. The third-order valence-corrected chi connectivity index (χ3v) is 5.75. The van der Waals surface area contributed by atoms with Gasteiger partial charge in [0.1, 0.15) is 12.6 Å². The highest BCUT2D eigenvalue weighted by molar-refractivity contribution is 5.86. The number of fused-ring (bicyclic) bond motifs is 1. The largest absolute Gasteiger partial charge is 0.443 e. The van der Waals surface area contributed by atoms with Crippen molar-refractivity contribution < 1.29 is 23.8 Å². The lowest BCUT2D eigenvalue weighted by molar-refractivity contribution is -0.126. The first-order valence-corrected chi connectivity index (χ1v) is 11.9. The monoisotopic (exact) mass is 568 g/mol. The molecule has 208 valence electrons. The van der Waals surface area contributed by atoms with Gasteiger partial charge in [-0.3, -0.25) is 9.20 Å². The quantitative estimate of drug-likeness (QED) is 0.402. The Kier molecular flexibility index (Phi) is 11.7. The van der Waals surface area contributed by atoms with Crippen LogP contribution in [0.1, 0.15) is 37.0 Å². The van der Waals surface area contributed by atoms with E-state index in [1.807, 2.05) is 42.5 Å². The summed E-state index contributed by atoms with van der Waals surface area (Å²) in [7, 11) is 0. The van der Waals surface area contributed by atoms with Gasteiger partial charge in [-0.25, -0.2) is 4.79 Å². The normalized spacial score (nSPS) is 14.2. The average Bonchev–Trinajstić information content (AvgIpc) is 3.32. The van der Waals surface area contributed by atoms with Crippen molar-refractivity contribution in [1.82, 2.24) is 24.8 Å². The number of aromatic nitrogens is 3. The van der Waals surface area contributed by atoms with Crippen molar-refractivity contribution in [3.63, 3.8) is 0 Å². The fourth-order valence-corrected chi connectivity index (χ4v) is 3.74. The molecule has 0 radical (unpaired) electrons. The Hall–Kier alpha value is -2.96. The summed E-state index contributed by atoms with van der Waals surface area (Å²) in [5.74, 6) is 0.0949. The van der Waals surface area contributed by atoms with Gasteiger partial charge in [0, 0.05) is 13.1 Å². The predicted molar refractivity (Wildman–Crippen MR) is 145 cm³/mol. The number of hydrogen-bond donors (Lipinski definition) is 2. The van der Waals surface area contributed by atoms with Gasteiger partial charge in [0.05, 0.1) is 37.7 Å². The molecule has 0 unspecified atom stereocenters. The van der Waals surface area contributed by atoms with Crippen LogP contribution in [0.2, 0.25) is 0 Å². The number of nitrogens with two attached hydrogens (primary N) is 1. The predicted octanol–water partition coefficient (Wildman–Crippen LogP) is 2.65. The number of amides is 2. The summed E-state index contributed by atoms with van der Waals surface area (Å²) in [6.45, 7) is 5.72. The number of nitrogens with zero attached hydrogens (tertiary/aromatic N) is 4. The molecule has 2 amide bonds. The topological polar surface area (TPSA) is 133 Å². The molecular formula is C25H34Cl2N6O5. The van der Waals surface area contributed by atoms with E-state index in [2.05, 4.69) is 15.5 Å². The molecule has 1 saturated heterocycles. The van der Waals surface area contributed by atoms with Crippen LogP contribution in [0, 0.1) is 0 Å². The Balaban J connectivity index is 0.00000253. The molecule has 4 rings (SSSR count). The summed E-state index contributed by atoms with van der Waals surface area (Å²) in [5.41, 5.74) is 7.14. The summed E-state index contributed by atoms with van der Waals surface area (Å²) in [4.78, 5) is 26.9. The van der Waals surface area contributed by atoms with E-state index >= 15 is 0 Å². The zero-order valence-electron chi connectivity index (χ0n) is 21.4. The van der Waals surface area contributed by atoms with Crippen molar-refractivity contribution in [1.29, 1.82) is 0 Å². The van der Waals surface area contributed by atoms with Crippen molar-refractivity contribution >= 4 is 42.5 Å². The molecule has 2 aromatic heterocycles. The number of rotatable bonds is 9. The molecule has 0 saturated carbocycles. The Morgan fingerprint density at radius 1 is 1.05 bits per heavy atom. The number of carbonyl (C=O) groups excluding carboxylic acids is 2. The molecule has 1 atom stereocenters. The summed E-state index contributed by atoms with van der Waals surface area (Å²) < 4.78 is 18.6. The minimum absolute atomic E-state index is 0. The second-order valence-electron chi connectivity index (χ2n) is 9.17. The van der Waals surface area contributed by atoms with Gasteiger partial charge >= 0.3 is 6.09 Å². The Labute approximate surface area is 233 Å². The third kappa shape index (κ3) is 8.02. The molecule has 0 bridgehead atoms. The van der Waals surface area contributed by atoms with Crippen LogP contribution in [0.25, 0.3) is 5.65 Å². The number of morpholine rings is 1. The van der Waals surface area contributed by atoms with Gasteiger partial charge in [-0.2, -0.15) is 0 Å². The third-order valence-electron chi connectivity index (χ3n) is 5.75. The number of nitrogens with one attached hydrogen (secondary N) is 1. The van der Waals surface area contributed by atoms with Crippen LogP contribution in [0.3, 0.4) is 0 Å². The van der Waals surface area contributed by atoms with Crippen LogP contribution in [-0.4, -0.2) is 69.9 Å². The lowest BCUT2D eigenvalue weighted by Crippen LogP contribution is -2.51. The van der Waals surface area contributed by atoms with Crippen molar-refractivity contribution in [2.45, 2.75) is 38.6 Å². The molecule has 13 heteroatoms. The highest BCUT2D eigenvalue weighted by atomic mass is 35.5. The van der Waals surface area contributed by atoms with Gasteiger partial charge in [-0.05, 0) is 31.5 Å². The summed E-state index contributed by atoms with van der Waals surface area (Å²) in [6, 6.07) is 14.5. The maximum atomic E-state index is 12.8. The Morgan fingerprint density at radius 3 is 2.45 bits per heavy atom. The number of pyridine rings is 1. The highest BCUT2D eigenvalue weighted by Crippen LogP contribution is 2.19. The molecule has 1 aromatic carbocycles. The van der Waals surface area contributed by atoms with Gasteiger partial charge < -0.3 is 30.2 Å². The van der Waals surface area contributed by atoms with Crippen LogP contribution in [0.15, 0.2) is 48.5 Å². The molecule has 11 nitrogen and oxygen atoms in total. The number of hydrogen-bond acceptors (Lipinski definition) is 8. The van der Waals surface area contributed by atoms with Crippen molar-refractivity contribution in [3.05, 3.63) is 65.6 Å². The Morgan fingerprint density at radius 2 is 1.76 bits per heavy atom. The van der Waals surface area contributed by atoms with Gasteiger partial charge in [0.15, 0.2) is 11.5 Å². The van der Waals surface area contributed by atoms with E-state index in [1.54, 1.807) is 29.2 Å². The fourth-order valence-electron chi connectivity index (χ4n) is 3.74. The minimum Gasteiger partial charge on any atom is -0.443 e. The molecule has 38 heavy (non-hydrogen) atoms. The van der Waals surface area contributed by atoms with Crippen LogP contribution < -0.4 is 11.1 Å². The van der Waals surface area contributed by atoms with E-state index in [4.69, 9.17) is 19.9 Å². The SMILES string of the molecule is CC(C)(N)C(=O)N[C@H](COCc1ccccc1)c1nnc2cccc(COC(=O)N3CCOCC3)n12.Cl.Cl. The zero-order valence-corrected chi connectivity index (χ0v) is 23.0. The number of benzene rings is 1. The summed E-state index contributed by atoms with van der Waals surface area (Å²) in [6.07, 6.45) is -0.411. The molecule has 1 aliphatic heterocycles. The van der Waals surface area contributed by atoms with Crippen molar-refractivity contribution in [3.8, 4) is 0 Å². The molecule has 3 heterocycles. The molecular weight excluding hydrogens is 535 g/mol. The lowest BCUT2D eigenvalue weighted by atomic mass is 10.1. The molecule has 0 spiro atoms. The minimum atomic E-state index is -1.10. The van der Waals surface area contributed by atoms with Crippen LogP contribution >= 0.6 is 24.8 Å².